The van der Waals surface area contributed by atoms with Gasteiger partial charge in [-0.05, 0) is 0 Å². The lowest BCUT2D eigenvalue weighted by molar-refractivity contribution is -0.150. The second-order valence-electron chi connectivity index (χ2n) is 2.15. The number of nitrogens with one attached hydrogen (secondary N) is 1. The third-order valence-corrected chi connectivity index (χ3v) is 1.36. The number of carbonyl (C=O) groups excluding carboxylic acids is 2. The Balaban J connectivity index is 4.24. The lowest BCUT2D eigenvalue weighted by Crippen LogP contribution is -2.40. The third-order valence-electron chi connectivity index (χ3n) is 1.36. The van der Waals surface area contributed by atoms with Crippen LogP contribution in [0.2, 0.25) is 0 Å². The quantitative estimate of drug-likeness (QED) is 0.413. The normalized spacial score (nSPS) is 15.5. The average Bonchev–Trinajstić information content (AvgIpc) is 2.14. The Bertz CT molecular complexity index is 208. The molecule has 76 valence electrons. The van der Waals surface area contributed by atoms with Crippen LogP contribution in [0.1, 0.15) is 7.79 Å². The number of hydrogen-bond donors (Lipinski definition) is 2. The van der Waals surface area contributed by atoms with Crippen LogP contribution >= 0.6 is 0 Å². The van der Waals surface area contributed by atoms with Crippen molar-refractivity contribution in [1.29, 1.82) is 0 Å². The van der Waals surface area contributed by atoms with Crippen molar-refractivity contribution in [2.75, 3.05) is 20.9 Å². The van der Waals surface area contributed by atoms with E-state index in [0.717, 1.165) is 7.11 Å². The van der Waals surface area contributed by atoms with Crippen molar-refractivity contribution in [1.82, 2.24) is 5.32 Å². The average molecular weight is 192 g/mol. The van der Waals surface area contributed by atoms with Crippen molar-refractivity contribution in [2.45, 2.75) is 12.5 Å². The van der Waals surface area contributed by atoms with E-state index in [1.165, 1.54) is 7.11 Å². The van der Waals surface area contributed by atoms with Crippen LogP contribution in [0.4, 0.5) is 0 Å². The molecule has 0 amide bonds. The van der Waals surface area contributed by atoms with Crippen LogP contribution in [-0.4, -0.2) is 44.0 Å². The third kappa shape index (κ3) is 4.44. The zero-order valence-corrected chi connectivity index (χ0v) is 7.44. The molecule has 0 saturated heterocycles. The van der Waals surface area contributed by atoms with Gasteiger partial charge < -0.3 is 14.6 Å². The van der Waals surface area contributed by atoms with E-state index in [-0.39, 0.29) is 6.42 Å². The Hall–Kier alpha value is -1.14. The molecule has 0 bridgehead atoms. The van der Waals surface area contributed by atoms with Gasteiger partial charge in [0.1, 0.15) is 6.04 Å². The standard InChI is InChI=1S/C7H13NO5/c1-12-6(10)3-5(8-4-9)7(11)13-2/h5,8-9H,3-4H2,1-2H3/t5-/m0/s1/i4D/t4?,5-. The first-order valence-corrected chi connectivity index (χ1v) is 3.52. The van der Waals surface area contributed by atoms with Crippen LogP contribution in [-0.2, 0) is 19.1 Å². The SMILES string of the molecule is [2H]C(O)N[C@@H](CC(=O)OC)C(=O)OC. The zero-order chi connectivity index (χ0) is 11.1. The first kappa shape index (κ1) is 9.94. The second-order valence-corrected chi connectivity index (χ2v) is 2.15. The number of rotatable bonds is 5. The van der Waals surface area contributed by atoms with Gasteiger partial charge in [0.2, 0.25) is 0 Å². The first-order valence-electron chi connectivity index (χ1n) is 4.10. The van der Waals surface area contributed by atoms with Crippen molar-refractivity contribution in [3.8, 4) is 0 Å². The van der Waals surface area contributed by atoms with Crippen LogP contribution in [0.15, 0.2) is 0 Å². The molecular formula is C7H13NO5. The highest BCUT2D eigenvalue weighted by atomic mass is 16.5. The Morgan fingerprint density at radius 2 is 2.15 bits per heavy atom. The molecule has 2 atom stereocenters. The summed E-state index contributed by atoms with van der Waals surface area (Å²) in [5, 5.41) is 10.8. The Morgan fingerprint density at radius 1 is 1.54 bits per heavy atom. The van der Waals surface area contributed by atoms with E-state index >= 15 is 0 Å². The maximum Gasteiger partial charge on any atom is 0.323 e. The fourth-order valence-electron chi connectivity index (χ4n) is 0.693. The highest BCUT2D eigenvalue weighted by Gasteiger charge is 2.21. The van der Waals surface area contributed by atoms with Crippen LogP contribution < -0.4 is 5.32 Å². The topological polar surface area (TPSA) is 84.9 Å². The van der Waals surface area contributed by atoms with Gasteiger partial charge in [-0.2, -0.15) is 0 Å². The van der Waals surface area contributed by atoms with Gasteiger partial charge in [0.25, 0.3) is 0 Å². The maximum absolute atomic E-state index is 11.0. The fraction of sp³-hybridized carbons (Fsp3) is 0.714. The van der Waals surface area contributed by atoms with Gasteiger partial charge in [-0.3, -0.25) is 14.9 Å². The van der Waals surface area contributed by atoms with Gasteiger partial charge >= 0.3 is 11.9 Å². The minimum atomic E-state index is -1.65. The Labute approximate surface area is 77.2 Å². The minimum Gasteiger partial charge on any atom is -0.469 e. The number of aliphatic hydroxyl groups is 1. The van der Waals surface area contributed by atoms with Gasteiger partial charge in [-0.1, -0.05) is 0 Å². The summed E-state index contributed by atoms with van der Waals surface area (Å²) in [6, 6.07) is -1.07. The van der Waals surface area contributed by atoms with Crippen molar-refractivity contribution in [2.24, 2.45) is 0 Å². The van der Waals surface area contributed by atoms with Crippen molar-refractivity contribution >= 4 is 11.9 Å². The zero-order valence-electron chi connectivity index (χ0n) is 8.44. The van der Waals surface area contributed by atoms with E-state index in [1.54, 1.807) is 0 Å². The van der Waals surface area contributed by atoms with E-state index in [4.69, 9.17) is 6.48 Å². The van der Waals surface area contributed by atoms with E-state index in [2.05, 4.69) is 14.8 Å². The summed E-state index contributed by atoms with van der Waals surface area (Å²) < 4.78 is 15.4. The number of esters is 2. The van der Waals surface area contributed by atoms with Crippen LogP contribution in [0.5, 0.6) is 0 Å². The highest BCUT2D eigenvalue weighted by molar-refractivity contribution is 5.82. The lowest BCUT2D eigenvalue weighted by Gasteiger charge is -2.12. The molecule has 13 heavy (non-hydrogen) atoms. The Kier molecular flexibility index (Phi) is 4.88. The van der Waals surface area contributed by atoms with E-state index in [1.807, 2.05) is 0 Å². The maximum atomic E-state index is 11.0. The van der Waals surface area contributed by atoms with Crippen LogP contribution in [0.3, 0.4) is 0 Å². The molecule has 2 N–H and O–H groups in total. The molecule has 0 aliphatic heterocycles. The molecule has 0 aliphatic carbocycles. The molecule has 0 aromatic rings. The molecule has 6 heteroatoms. The fourth-order valence-corrected chi connectivity index (χ4v) is 0.693. The molecule has 0 rings (SSSR count). The Morgan fingerprint density at radius 3 is 2.54 bits per heavy atom. The van der Waals surface area contributed by atoms with E-state index < -0.39 is 24.7 Å². The number of ether oxygens (including phenoxy) is 2. The molecule has 0 aromatic heterocycles. The summed E-state index contributed by atoms with van der Waals surface area (Å²) in [7, 11) is 2.32. The second kappa shape index (κ2) is 6.38. The van der Waals surface area contributed by atoms with Gasteiger partial charge in [-0.15, -0.1) is 0 Å². The van der Waals surface area contributed by atoms with Gasteiger partial charge in [0, 0.05) is 0 Å². The van der Waals surface area contributed by atoms with E-state index in [9.17, 15) is 9.59 Å². The summed E-state index contributed by atoms with van der Waals surface area (Å²) >= 11 is 0. The van der Waals surface area contributed by atoms with Gasteiger partial charge in [-0.25, -0.2) is 0 Å². The largest absolute Gasteiger partial charge is 0.469 e. The summed E-state index contributed by atoms with van der Waals surface area (Å²) in [6.07, 6.45) is -0.293. The van der Waals surface area contributed by atoms with Crippen LogP contribution in [0.25, 0.3) is 0 Å². The molecule has 1 unspecified atom stereocenters. The molecule has 0 aliphatic rings. The number of hydrogen-bond acceptors (Lipinski definition) is 6. The van der Waals surface area contributed by atoms with Gasteiger partial charge in [0.05, 0.1) is 28.7 Å². The summed E-state index contributed by atoms with van der Waals surface area (Å²) in [6.45, 7) is -1.65. The van der Waals surface area contributed by atoms with Crippen molar-refractivity contribution in [3.63, 3.8) is 0 Å². The van der Waals surface area contributed by atoms with Crippen molar-refractivity contribution in [3.05, 3.63) is 0 Å². The highest BCUT2D eigenvalue weighted by Crippen LogP contribution is 1.96. The summed E-state index contributed by atoms with van der Waals surface area (Å²) in [5.74, 6) is -1.37. The number of methoxy groups -OCH3 is 2. The molecule has 0 aromatic carbocycles. The summed E-state index contributed by atoms with van der Waals surface area (Å²) in [4.78, 5) is 21.8. The predicted octanol–water partition coefficient (Wildman–Crippen LogP) is -1.37. The summed E-state index contributed by atoms with van der Waals surface area (Å²) in [5.41, 5.74) is 0. The van der Waals surface area contributed by atoms with Gasteiger partial charge in [0.15, 0.2) is 0 Å². The smallest absolute Gasteiger partial charge is 0.323 e. The number of aliphatic hydroxyl groups excluding tert-OH is 1. The first-order chi connectivity index (χ1) is 6.51. The van der Waals surface area contributed by atoms with Crippen LogP contribution in [0, 0.1) is 0 Å². The lowest BCUT2D eigenvalue weighted by atomic mass is 10.2. The molecule has 6 nitrogen and oxygen atoms in total. The molecule has 0 spiro atoms. The monoisotopic (exact) mass is 192 g/mol. The van der Waals surface area contributed by atoms with Crippen molar-refractivity contribution < 1.29 is 25.5 Å². The molecule has 0 radical (unpaired) electrons. The number of carbonyl (C=O) groups is 2. The molecule has 0 saturated carbocycles. The van der Waals surface area contributed by atoms with E-state index in [0.29, 0.717) is 0 Å². The minimum absolute atomic E-state index is 0.293. The molecule has 0 heterocycles. The predicted molar refractivity (Wildman–Crippen MR) is 42.7 cm³/mol. The molecular weight excluding hydrogens is 178 g/mol. The molecule has 0 fully saturated rings.